The molecule has 1 heterocycles. The number of piperidine rings is 1. The maximum absolute atomic E-state index is 11.9. The Labute approximate surface area is 84.7 Å². The molecule has 1 saturated heterocycles. The summed E-state index contributed by atoms with van der Waals surface area (Å²) in [6, 6.07) is 2.55. The van der Waals surface area contributed by atoms with E-state index in [4.69, 9.17) is 5.26 Å². The lowest BCUT2D eigenvalue weighted by Crippen LogP contribution is -2.40. The first-order valence-electron chi connectivity index (χ1n) is 5.46. The molecule has 2 rings (SSSR count). The van der Waals surface area contributed by atoms with Crippen molar-refractivity contribution >= 4 is 5.91 Å². The number of hydrogen-bond donors (Lipinski definition) is 0. The second kappa shape index (κ2) is 3.61. The van der Waals surface area contributed by atoms with E-state index in [-0.39, 0.29) is 5.91 Å². The summed E-state index contributed by atoms with van der Waals surface area (Å²) >= 11 is 0. The van der Waals surface area contributed by atoms with Crippen LogP contribution in [0.4, 0.5) is 0 Å². The zero-order chi connectivity index (χ0) is 10.1. The smallest absolute Gasteiger partial charge is 0.240 e. The third kappa shape index (κ3) is 1.39. The van der Waals surface area contributed by atoms with Gasteiger partial charge in [0.1, 0.15) is 5.92 Å². The topological polar surface area (TPSA) is 44.1 Å². The van der Waals surface area contributed by atoms with Crippen molar-refractivity contribution in [2.24, 2.45) is 11.8 Å². The summed E-state index contributed by atoms with van der Waals surface area (Å²) in [6.45, 7) is 2.81. The highest BCUT2D eigenvalue weighted by Crippen LogP contribution is 2.38. The lowest BCUT2D eigenvalue weighted by molar-refractivity contribution is -0.135. The summed E-state index contributed by atoms with van der Waals surface area (Å²) in [5.41, 5.74) is 0. The van der Waals surface area contributed by atoms with Crippen LogP contribution in [-0.2, 0) is 4.79 Å². The minimum Gasteiger partial charge on any atom is -0.338 e. The van der Waals surface area contributed by atoms with Crippen LogP contribution in [0, 0.1) is 23.2 Å². The van der Waals surface area contributed by atoms with Crippen LogP contribution in [0.2, 0.25) is 0 Å². The average Bonchev–Trinajstić information content (AvgIpc) is 2.80. The molecule has 2 bridgehead atoms. The van der Waals surface area contributed by atoms with Crippen molar-refractivity contribution in [3.05, 3.63) is 0 Å². The Morgan fingerprint density at radius 3 is 2.86 bits per heavy atom. The zero-order valence-electron chi connectivity index (χ0n) is 8.57. The second-order valence-electron chi connectivity index (χ2n) is 4.41. The Bertz CT molecular complexity index is 282. The number of fused-ring (bicyclic) bond motifs is 2. The SMILES string of the molecule is CCC(C#N)C(=O)N1CC2CCC1C2. The Balaban J connectivity index is 2.03. The fourth-order valence-electron chi connectivity index (χ4n) is 2.72. The van der Waals surface area contributed by atoms with E-state index in [1.165, 1.54) is 12.8 Å². The van der Waals surface area contributed by atoms with Crippen LogP contribution in [-0.4, -0.2) is 23.4 Å². The molecular formula is C11H16N2O. The minimum atomic E-state index is -0.408. The number of carbonyl (C=O) groups excluding carboxylic acids is 1. The van der Waals surface area contributed by atoms with Gasteiger partial charge in [-0.15, -0.1) is 0 Å². The van der Waals surface area contributed by atoms with Gasteiger partial charge in [-0.1, -0.05) is 6.92 Å². The molecule has 14 heavy (non-hydrogen) atoms. The monoisotopic (exact) mass is 192 g/mol. The zero-order valence-corrected chi connectivity index (χ0v) is 8.57. The maximum atomic E-state index is 11.9. The van der Waals surface area contributed by atoms with Gasteiger partial charge in [-0.05, 0) is 31.6 Å². The van der Waals surface area contributed by atoms with Gasteiger partial charge in [0, 0.05) is 12.6 Å². The van der Waals surface area contributed by atoms with Gasteiger partial charge < -0.3 is 4.90 Å². The Morgan fingerprint density at radius 2 is 2.43 bits per heavy atom. The summed E-state index contributed by atoms with van der Waals surface area (Å²) in [5, 5.41) is 8.83. The minimum absolute atomic E-state index is 0.0715. The molecule has 1 aliphatic heterocycles. The van der Waals surface area contributed by atoms with E-state index < -0.39 is 5.92 Å². The van der Waals surface area contributed by atoms with Crippen LogP contribution in [0.3, 0.4) is 0 Å². The van der Waals surface area contributed by atoms with E-state index in [9.17, 15) is 4.79 Å². The van der Waals surface area contributed by atoms with Gasteiger partial charge in [0.15, 0.2) is 0 Å². The molecule has 3 atom stereocenters. The molecule has 2 fully saturated rings. The van der Waals surface area contributed by atoms with Crippen LogP contribution >= 0.6 is 0 Å². The highest BCUT2D eigenvalue weighted by molar-refractivity contribution is 5.81. The van der Waals surface area contributed by atoms with E-state index in [1.54, 1.807) is 0 Å². The van der Waals surface area contributed by atoms with Gasteiger partial charge in [0.2, 0.25) is 5.91 Å². The van der Waals surface area contributed by atoms with Gasteiger partial charge in [0.05, 0.1) is 6.07 Å². The molecule has 0 N–H and O–H groups in total. The van der Waals surface area contributed by atoms with Crippen LogP contribution in [0.5, 0.6) is 0 Å². The van der Waals surface area contributed by atoms with Crippen LogP contribution < -0.4 is 0 Å². The number of nitrogens with zero attached hydrogens (tertiary/aromatic N) is 2. The molecule has 1 saturated carbocycles. The normalized spacial score (nSPS) is 31.6. The first kappa shape index (κ1) is 9.51. The third-order valence-electron chi connectivity index (χ3n) is 3.55. The molecule has 0 radical (unpaired) electrons. The summed E-state index contributed by atoms with van der Waals surface area (Å²) < 4.78 is 0. The van der Waals surface area contributed by atoms with Crippen LogP contribution in [0.25, 0.3) is 0 Å². The molecule has 1 amide bonds. The largest absolute Gasteiger partial charge is 0.338 e. The lowest BCUT2D eigenvalue weighted by Gasteiger charge is -2.28. The standard InChI is InChI=1S/C11H16N2O/c1-2-9(6-12)11(14)13-7-8-3-4-10(13)5-8/h8-10H,2-5,7H2,1H3. The van der Waals surface area contributed by atoms with Crippen molar-refractivity contribution in [2.75, 3.05) is 6.54 Å². The number of amides is 1. The van der Waals surface area contributed by atoms with Crippen molar-refractivity contribution in [3.8, 4) is 6.07 Å². The van der Waals surface area contributed by atoms with Gasteiger partial charge in [-0.3, -0.25) is 4.79 Å². The van der Waals surface area contributed by atoms with Crippen molar-refractivity contribution in [1.82, 2.24) is 4.90 Å². The number of carbonyl (C=O) groups is 1. The number of rotatable bonds is 2. The van der Waals surface area contributed by atoms with Crippen LogP contribution in [0.1, 0.15) is 32.6 Å². The molecule has 76 valence electrons. The molecule has 0 aromatic heterocycles. The Kier molecular flexibility index (Phi) is 2.45. The Hall–Kier alpha value is -1.04. The summed E-state index contributed by atoms with van der Waals surface area (Å²) in [5.74, 6) is 0.386. The molecule has 3 heteroatoms. The molecule has 3 unspecified atom stereocenters. The van der Waals surface area contributed by atoms with E-state index >= 15 is 0 Å². The summed E-state index contributed by atoms with van der Waals surface area (Å²) in [7, 11) is 0. The van der Waals surface area contributed by atoms with Gasteiger partial charge in [0.25, 0.3) is 0 Å². The van der Waals surface area contributed by atoms with E-state index in [0.29, 0.717) is 12.5 Å². The third-order valence-corrected chi connectivity index (χ3v) is 3.55. The van der Waals surface area contributed by atoms with E-state index in [2.05, 4.69) is 6.07 Å². The summed E-state index contributed by atoms with van der Waals surface area (Å²) in [4.78, 5) is 13.9. The van der Waals surface area contributed by atoms with Gasteiger partial charge in [-0.25, -0.2) is 0 Å². The highest BCUT2D eigenvalue weighted by atomic mass is 16.2. The summed E-state index contributed by atoms with van der Waals surface area (Å²) in [6.07, 6.45) is 4.24. The molecular weight excluding hydrogens is 176 g/mol. The quantitative estimate of drug-likeness (QED) is 0.666. The molecule has 0 aromatic rings. The molecule has 0 spiro atoms. The predicted octanol–water partition coefficient (Wildman–Crippen LogP) is 1.55. The highest BCUT2D eigenvalue weighted by Gasteiger charge is 2.41. The first-order chi connectivity index (χ1) is 6.76. The van der Waals surface area contributed by atoms with Gasteiger partial charge in [-0.2, -0.15) is 5.26 Å². The predicted molar refractivity (Wildman–Crippen MR) is 52.2 cm³/mol. The maximum Gasteiger partial charge on any atom is 0.240 e. The van der Waals surface area contributed by atoms with E-state index in [1.807, 2.05) is 11.8 Å². The second-order valence-corrected chi connectivity index (χ2v) is 4.41. The fraction of sp³-hybridized carbons (Fsp3) is 0.818. The van der Waals surface area contributed by atoms with Crippen molar-refractivity contribution < 1.29 is 4.79 Å². The number of hydrogen-bond acceptors (Lipinski definition) is 2. The number of nitriles is 1. The molecule has 0 aromatic carbocycles. The van der Waals surface area contributed by atoms with Gasteiger partial charge >= 0.3 is 0 Å². The molecule has 3 nitrogen and oxygen atoms in total. The first-order valence-corrected chi connectivity index (χ1v) is 5.46. The average molecular weight is 192 g/mol. The van der Waals surface area contributed by atoms with E-state index in [0.717, 1.165) is 18.9 Å². The van der Waals surface area contributed by atoms with Crippen molar-refractivity contribution in [3.63, 3.8) is 0 Å². The Morgan fingerprint density at radius 1 is 1.64 bits per heavy atom. The van der Waals surface area contributed by atoms with Crippen molar-refractivity contribution in [1.29, 1.82) is 5.26 Å². The molecule has 2 aliphatic rings. The van der Waals surface area contributed by atoms with Crippen molar-refractivity contribution in [2.45, 2.75) is 38.6 Å². The lowest BCUT2D eigenvalue weighted by atomic mass is 10.0. The fourth-order valence-corrected chi connectivity index (χ4v) is 2.72. The number of likely N-dealkylation sites (tertiary alicyclic amines) is 1. The molecule has 1 aliphatic carbocycles. The van der Waals surface area contributed by atoms with Crippen LogP contribution in [0.15, 0.2) is 0 Å².